The molecule has 0 spiro atoms. The molecule has 2 nitrogen and oxygen atoms in total. The van der Waals surface area contributed by atoms with E-state index >= 15 is 0 Å². The van der Waals surface area contributed by atoms with Gasteiger partial charge in [-0.25, -0.2) is 0 Å². The van der Waals surface area contributed by atoms with E-state index in [2.05, 4.69) is 140 Å². The van der Waals surface area contributed by atoms with Crippen LogP contribution in [0, 0.1) is 0 Å². The van der Waals surface area contributed by atoms with Crippen molar-refractivity contribution in [3.8, 4) is 22.3 Å². The third-order valence-electron chi connectivity index (χ3n) is 6.34. The first kappa shape index (κ1) is 23.4. The first-order valence-corrected chi connectivity index (χ1v) is 12.4. The Labute approximate surface area is 215 Å². The third kappa shape index (κ3) is 6.00. The molecule has 0 N–H and O–H groups in total. The zero-order chi connectivity index (χ0) is 24.6. The zero-order valence-electron chi connectivity index (χ0n) is 20.6. The van der Waals surface area contributed by atoms with Crippen molar-refractivity contribution in [3.63, 3.8) is 0 Å². The van der Waals surface area contributed by atoms with Crippen molar-refractivity contribution < 1.29 is 0 Å². The molecule has 0 amide bonds. The van der Waals surface area contributed by atoms with Crippen molar-refractivity contribution >= 4 is 19.5 Å². The molecule has 0 aliphatic rings. The minimum Gasteiger partial charge on any atom is -0.288 e. The van der Waals surface area contributed by atoms with Crippen LogP contribution in [0.15, 0.2) is 139 Å². The molecule has 0 fully saturated rings. The highest BCUT2D eigenvalue weighted by Gasteiger charge is 2.07. The highest BCUT2D eigenvalue weighted by molar-refractivity contribution is 6.35. The van der Waals surface area contributed by atoms with Crippen molar-refractivity contribution in [2.45, 2.75) is 13.1 Å². The molecule has 5 aromatic rings. The van der Waals surface area contributed by atoms with E-state index < -0.39 is 0 Å². The Bertz CT molecular complexity index is 1430. The van der Waals surface area contributed by atoms with Gasteiger partial charge in [-0.3, -0.25) is 5.01 Å². The van der Waals surface area contributed by atoms with Gasteiger partial charge in [0.25, 0.3) is 0 Å². The lowest BCUT2D eigenvalue weighted by molar-refractivity contribution is 0.272. The lowest BCUT2D eigenvalue weighted by Crippen LogP contribution is -2.17. The molecule has 0 aromatic heterocycles. The van der Waals surface area contributed by atoms with Gasteiger partial charge in [-0.05, 0) is 45.0 Å². The van der Waals surface area contributed by atoms with E-state index in [1.54, 1.807) is 0 Å². The molecule has 0 atom stereocenters. The quantitative estimate of drug-likeness (QED) is 0.149. The summed E-state index contributed by atoms with van der Waals surface area (Å²) in [4.78, 5) is 0. The van der Waals surface area contributed by atoms with Crippen molar-refractivity contribution in [2.75, 3.05) is 0 Å². The summed E-state index contributed by atoms with van der Waals surface area (Å²) < 4.78 is 0. The maximum absolute atomic E-state index is 4.92. The number of hydrogen-bond acceptors (Lipinski definition) is 2. The lowest BCUT2D eigenvalue weighted by atomic mass is 9.87. The van der Waals surface area contributed by atoms with Crippen molar-refractivity contribution in [1.82, 2.24) is 5.01 Å². The topological polar surface area (TPSA) is 15.6 Å². The third-order valence-corrected chi connectivity index (χ3v) is 6.34. The second-order valence-corrected chi connectivity index (χ2v) is 9.06. The Morgan fingerprint density at radius 1 is 0.556 bits per heavy atom. The Morgan fingerprint density at radius 3 is 1.89 bits per heavy atom. The summed E-state index contributed by atoms with van der Waals surface area (Å²) in [5.74, 6) is 0. The average molecular weight is 464 g/mol. The van der Waals surface area contributed by atoms with E-state index in [9.17, 15) is 0 Å². The predicted octanol–water partition coefficient (Wildman–Crippen LogP) is 6.32. The maximum atomic E-state index is 4.92. The number of hydrogen-bond donors (Lipinski definition) is 0. The molecule has 3 heteroatoms. The Morgan fingerprint density at radius 2 is 1.14 bits per heavy atom. The summed E-state index contributed by atoms with van der Waals surface area (Å²) in [6, 6.07) is 46.9. The van der Waals surface area contributed by atoms with Gasteiger partial charge in [0.05, 0.1) is 19.3 Å². The second kappa shape index (κ2) is 11.4. The average Bonchev–Trinajstić information content (AvgIpc) is 2.93. The summed E-state index contributed by atoms with van der Waals surface area (Å²) in [5, 5.41) is 7.05. The van der Waals surface area contributed by atoms with Crippen LogP contribution in [0.5, 0.6) is 0 Å². The van der Waals surface area contributed by atoms with Crippen LogP contribution in [0.1, 0.15) is 16.7 Å². The van der Waals surface area contributed by atoms with Crippen molar-refractivity contribution in [1.29, 1.82) is 0 Å². The number of hydrazone groups is 1. The van der Waals surface area contributed by atoms with Crippen LogP contribution < -0.4 is 5.46 Å². The molecule has 0 saturated heterocycles. The lowest BCUT2D eigenvalue weighted by Gasteiger charge is -2.20. The van der Waals surface area contributed by atoms with Gasteiger partial charge in [0.2, 0.25) is 0 Å². The molecule has 174 valence electrons. The summed E-state index contributed by atoms with van der Waals surface area (Å²) in [5.41, 5.74) is 9.80. The highest BCUT2D eigenvalue weighted by Crippen LogP contribution is 2.21. The van der Waals surface area contributed by atoms with Gasteiger partial charge in [0.15, 0.2) is 0 Å². The second-order valence-electron chi connectivity index (χ2n) is 9.06. The summed E-state index contributed by atoms with van der Waals surface area (Å²) in [7, 11) is 2.16. The SMILES string of the molecule is Bc1ccccc1-c1cccc(CN(Cc2ccccc2)/N=C/c2ccc(-c3ccccc3)cc2)c1. The normalized spacial score (nSPS) is 11.0. The van der Waals surface area contributed by atoms with Crippen LogP contribution >= 0.6 is 0 Å². The fraction of sp³-hybridized carbons (Fsp3) is 0.0606. The monoisotopic (exact) mass is 464 g/mol. The summed E-state index contributed by atoms with van der Waals surface area (Å²) >= 11 is 0. The van der Waals surface area contributed by atoms with Gasteiger partial charge >= 0.3 is 0 Å². The number of rotatable bonds is 8. The number of nitrogens with zero attached hydrogens (tertiary/aromatic N) is 2. The zero-order valence-corrected chi connectivity index (χ0v) is 20.6. The molecule has 0 radical (unpaired) electrons. The molecule has 0 saturated carbocycles. The van der Waals surface area contributed by atoms with Gasteiger partial charge in [-0.1, -0.05) is 133 Å². The van der Waals surface area contributed by atoms with Gasteiger partial charge < -0.3 is 0 Å². The maximum Gasteiger partial charge on any atom is 0.140 e. The van der Waals surface area contributed by atoms with E-state index in [1.165, 1.54) is 38.8 Å². The fourth-order valence-electron chi connectivity index (χ4n) is 4.42. The van der Waals surface area contributed by atoms with E-state index in [4.69, 9.17) is 5.10 Å². The fourth-order valence-corrected chi connectivity index (χ4v) is 4.42. The molecule has 0 bridgehead atoms. The Kier molecular flexibility index (Phi) is 7.39. The Balaban J connectivity index is 1.37. The van der Waals surface area contributed by atoms with Gasteiger partial charge in [-0.2, -0.15) is 5.10 Å². The summed E-state index contributed by atoms with van der Waals surface area (Å²) in [6.07, 6.45) is 1.96. The molecule has 36 heavy (non-hydrogen) atoms. The van der Waals surface area contributed by atoms with Crippen molar-refractivity contribution in [3.05, 3.63) is 150 Å². The number of benzene rings is 5. The van der Waals surface area contributed by atoms with Crippen LogP contribution in [-0.2, 0) is 13.1 Å². The first-order valence-electron chi connectivity index (χ1n) is 12.4. The van der Waals surface area contributed by atoms with Crippen molar-refractivity contribution in [2.24, 2.45) is 5.10 Å². The standard InChI is InChI=1S/C33H29BN2/c34-33-17-8-7-16-32(33)31-15-9-12-28(22-31)25-36(24-27-10-3-1-4-11-27)35-23-26-18-20-30(21-19-26)29-13-5-2-6-14-29/h1-23H,24-25,34H2/b35-23+. The van der Waals surface area contributed by atoms with Gasteiger partial charge in [-0.15, -0.1) is 0 Å². The molecule has 0 unspecified atom stereocenters. The van der Waals surface area contributed by atoms with Crippen LogP contribution in [0.4, 0.5) is 0 Å². The first-order chi connectivity index (χ1) is 17.7. The minimum atomic E-state index is 0.729. The van der Waals surface area contributed by atoms with Crippen LogP contribution in [-0.4, -0.2) is 19.1 Å². The van der Waals surface area contributed by atoms with Crippen LogP contribution in [0.3, 0.4) is 0 Å². The highest BCUT2D eigenvalue weighted by atomic mass is 15.4. The molecular formula is C33H29BN2. The van der Waals surface area contributed by atoms with E-state index in [0.29, 0.717) is 0 Å². The van der Waals surface area contributed by atoms with Gasteiger partial charge in [0, 0.05) is 0 Å². The molecule has 0 aliphatic heterocycles. The minimum absolute atomic E-state index is 0.729. The molecule has 5 aromatic carbocycles. The summed E-state index contributed by atoms with van der Waals surface area (Å²) in [6.45, 7) is 1.47. The van der Waals surface area contributed by atoms with E-state index in [0.717, 1.165) is 18.7 Å². The van der Waals surface area contributed by atoms with Crippen LogP contribution in [0.2, 0.25) is 0 Å². The molecule has 0 heterocycles. The smallest absolute Gasteiger partial charge is 0.140 e. The van der Waals surface area contributed by atoms with E-state index in [-0.39, 0.29) is 0 Å². The largest absolute Gasteiger partial charge is 0.288 e. The van der Waals surface area contributed by atoms with Crippen LogP contribution in [0.25, 0.3) is 22.3 Å². The molecule has 5 rings (SSSR count). The van der Waals surface area contributed by atoms with Gasteiger partial charge in [0.1, 0.15) is 7.85 Å². The molecule has 0 aliphatic carbocycles. The van der Waals surface area contributed by atoms with E-state index in [1.807, 2.05) is 12.3 Å². The predicted molar refractivity (Wildman–Crippen MR) is 155 cm³/mol. The Hall–Kier alpha value is -4.37. The molecular weight excluding hydrogens is 435 g/mol.